The molecule has 3 unspecified atom stereocenters. The van der Waals surface area contributed by atoms with Crippen molar-refractivity contribution < 1.29 is 9.90 Å². The van der Waals surface area contributed by atoms with Crippen molar-refractivity contribution >= 4 is 11.5 Å². The molecule has 26 heavy (non-hydrogen) atoms. The summed E-state index contributed by atoms with van der Waals surface area (Å²) >= 11 is 0. The average Bonchev–Trinajstić information content (AvgIpc) is 3.01. The molecule has 2 N–H and O–H groups in total. The van der Waals surface area contributed by atoms with Gasteiger partial charge in [-0.3, -0.25) is 9.59 Å². The van der Waals surface area contributed by atoms with Crippen LogP contribution in [0.15, 0.2) is 35.1 Å². The largest absolute Gasteiger partial charge is 0.377 e. The maximum atomic E-state index is 13.1. The van der Waals surface area contributed by atoms with Gasteiger partial charge in [-0.15, -0.1) is 0 Å². The summed E-state index contributed by atoms with van der Waals surface area (Å²) in [6.45, 7) is 2.49. The monoisotopic (exact) mass is 350 g/mol. The van der Waals surface area contributed by atoms with Crippen molar-refractivity contribution in [3.05, 3.63) is 63.1 Å². The Bertz CT molecular complexity index is 993. The van der Waals surface area contributed by atoms with E-state index in [0.29, 0.717) is 36.4 Å². The highest BCUT2D eigenvalue weighted by Crippen LogP contribution is 2.43. The third-order valence-electron chi connectivity index (χ3n) is 6.47. The van der Waals surface area contributed by atoms with Gasteiger partial charge in [-0.25, -0.2) is 0 Å². The topological polar surface area (TPSA) is 71.3 Å². The molecule has 0 radical (unpaired) electrons. The minimum Gasteiger partial charge on any atom is -0.377 e. The van der Waals surface area contributed by atoms with Crippen LogP contribution in [0.5, 0.6) is 0 Å². The number of aliphatic hydroxyl groups is 1. The third kappa shape index (κ3) is 1.95. The number of hydrogen-bond acceptors (Lipinski definition) is 4. The Morgan fingerprint density at radius 2 is 2.08 bits per heavy atom. The van der Waals surface area contributed by atoms with Gasteiger partial charge in [0.2, 0.25) is 0 Å². The summed E-state index contributed by atoms with van der Waals surface area (Å²) in [6, 6.07) is 10.2. The lowest BCUT2D eigenvalue weighted by Gasteiger charge is -2.33. The first kappa shape index (κ1) is 15.8. The first-order valence-electron chi connectivity index (χ1n) is 9.40. The van der Waals surface area contributed by atoms with Crippen LogP contribution in [-0.4, -0.2) is 15.5 Å². The molecule has 1 aromatic heterocycles. The van der Waals surface area contributed by atoms with E-state index in [4.69, 9.17) is 0 Å². The highest BCUT2D eigenvalue weighted by Gasteiger charge is 2.45. The Hall–Kier alpha value is -2.40. The molecule has 3 atom stereocenters. The van der Waals surface area contributed by atoms with E-state index in [-0.39, 0.29) is 23.8 Å². The Morgan fingerprint density at radius 1 is 1.27 bits per heavy atom. The minimum atomic E-state index is -1.52. The van der Waals surface area contributed by atoms with Crippen LogP contribution >= 0.6 is 0 Å². The molecule has 3 heterocycles. The van der Waals surface area contributed by atoms with E-state index in [1.54, 1.807) is 6.92 Å². The molecule has 2 aliphatic heterocycles. The fourth-order valence-corrected chi connectivity index (χ4v) is 4.99. The molecule has 5 heteroatoms. The van der Waals surface area contributed by atoms with Gasteiger partial charge >= 0.3 is 0 Å². The zero-order valence-electron chi connectivity index (χ0n) is 14.8. The number of hydrogen-bond donors (Lipinski definition) is 2. The molecule has 5 nitrogen and oxygen atoms in total. The van der Waals surface area contributed by atoms with Crippen LogP contribution in [0, 0.1) is 5.92 Å². The van der Waals surface area contributed by atoms with Gasteiger partial charge < -0.3 is 15.0 Å². The zero-order valence-corrected chi connectivity index (χ0v) is 14.8. The summed E-state index contributed by atoms with van der Waals surface area (Å²) in [5, 5.41) is 14.6. The smallest absolute Gasteiger partial charge is 0.254 e. The van der Waals surface area contributed by atoms with E-state index < -0.39 is 5.60 Å². The number of aromatic nitrogens is 1. The van der Waals surface area contributed by atoms with Crippen LogP contribution in [0.2, 0.25) is 0 Å². The van der Waals surface area contributed by atoms with Crippen molar-refractivity contribution in [3.8, 4) is 0 Å². The number of pyridine rings is 1. The van der Waals surface area contributed by atoms with Crippen molar-refractivity contribution in [2.24, 2.45) is 5.92 Å². The van der Waals surface area contributed by atoms with E-state index in [0.717, 1.165) is 17.8 Å². The van der Waals surface area contributed by atoms with Gasteiger partial charge in [-0.1, -0.05) is 25.1 Å². The molecule has 0 saturated heterocycles. The van der Waals surface area contributed by atoms with Gasteiger partial charge in [0.25, 0.3) is 5.56 Å². The van der Waals surface area contributed by atoms with Crippen LogP contribution in [0.25, 0.3) is 0 Å². The normalized spacial score (nSPS) is 28.6. The summed E-state index contributed by atoms with van der Waals surface area (Å²) in [7, 11) is 0. The highest BCUT2D eigenvalue weighted by atomic mass is 16.3. The van der Waals surface area contributed by atoms with E-state index in [2.05, 4.69) is 17.4 Å². The maximum absolute atomic E-state index is 13.1. The molecule has 134 valence electrons. The Morgan fingerprint density at radius 3 is 2.88 bits per heavy atom. The van der Waals surface area contributed by atoms with Crippen molar-refractivity contribution in [2.45, 2.75) is 50.8 Å². The number of carbonyl (C=O) groups is 1. The lowest BCUT2D eigenvalue weighted by molar-refractivity contribution is -0.140. The predicted octanol–water partition coefficient (Wildman–Crippen LogP) is 2.30. The molecule has 3 aliphatic rings. The van der Waals surface area contributed by atoms with Crippen molar-refractivity contribution in [1.82, 2.24) is 4.57 Å². The summed E-state index contributed by atoms with van der Waals surface area (Å²) in [4.78, 5) is 25.5. The molecule has 5 rings (SSSR count). The number of carbonyl (C=O) groups excluding carboxylic acids is 1. The van der Waals surface area contributed by atoms with Gasteiger partial charge in [0.05, 0.1) is 6.04 Å². The van der Waals surface area contributed by atoms with Gasteiger partial charge in [0.15, 0.2) is 5.78 Å². The number of para-hydroxylation sites is 1. The number of nitrogens with one attached hydrogen (secondary N) is 1. The zero-order chi connectivity index (χ0) is 18.1. The Labute approximate surface area is 151 Å². The molecule has 0 amide bonds. The molecular weight excluding hydrogens is 328 g/mol. The predicted molar refractivity (Wildman–Crippen MR) is 98.2 cm³/mol. The van der Waals surface area contributed by atoms with Crippen molar-refractivity contribution in [1.29, 1.82) is 0 Å². The van der Waals surface area contributed by atoms with E-state index in [1.165, 1.54) is 5.56 Å². The quantitative estimate of drug-likeness (QED) is 0.828. The van der Waals surface area contributed by atoms with Crippen LogP contribution in [0.3, 0.4) is 0 Å². The number of Topliss-reactive ketones (excluding diaryl/α,β-unsaturated/α-hetero) is 1. The summed E-state index contributed by atoms with van der Waals surface area (Å²) in [5.41, 5.74) is 2.89. The molecule has 0 fully saturated rings. The second-order valence-electron chi connectivity index (χ2n) is 7.76. The fraction of sp³-hybridized carbons (Fsp3) is 0.429. The lowest BCUT2D eigenvalue weighted by Crippen LogP contribution is -2.43. The van der Waals surface area contributed by atoms with Crippen molar-refractivity contribution in [3.63, 3.8) is 0 Å². The van der Waals surface area contributed by atoms with E-state index >= 15 is 0 Å². The van der Waals surface area contributed by atoms with E-state index in [9.17, 15) is 14.7 Å². The van der Waals surface area contributed by atoms with Crippen LogP contribution in [-0.2, 0) is 29.8 Å². The molecule has 0 spiro atoms. The maximum Gasteiger partial charge on any atom is 0.254 e. The first-order chi connectivity index (χ1) is 12.5. The number of nitrogens with zero attached hydrogens (tertiary/aromatic N) is 1. The Balaban J connectivity index is 1.67. The SMILES string of the molecule is CCC1(O)C(=O)CCc2c1cc1n(c2=O)CC2Cc3ccccc3NC12. The number of fused-ring (bicyclic) bond motifs is 5. The molecule has 0 bridgehead atoms. The molecule has 2 aromatic rings. The summed E-state index contributed by atoms with van der Waals surface area (Å²) in [5.74, 6) is 0.139. The number of benzene rings is 1. The summed E-state index contributed by atoms with van der Waals surface area (Å²) < 4.78 is 1.86. The van der Waals surface area contributed by atoms with E-state index in [1.807, 2.05) is 22.8 Å². The standard InChI is InChI=1S/C21H22N2O3/c1-2-21(26)15-10-17-19-13(9-12-5-3-4-6-16(12)22-19)11-23(17)20(25)14(15)7-8-18(21)24/h3-6,10,13,19,22,26H,2,7-9,11H2,1H3. The second-order valence-corrected chi connectivity index (χ2v) is 7.76. The molecule has 1 aromatic carbocycles. The van der Waals surface area contributed by atoms with Crippen LogP contribution in [0.4, 0.5) is 5.69 Å². The summed E-state index contributed by atoms with van der Waals surface area (Å²) in [6.07, 6.45) is 1.89. The number of anilines is 1. The Kier molecular flexibility index (Phi) is 3.23. The van der Waals surface area contributed by atoms with Gasteiger partial charge in [0, 0.05) is 41.4 Å². The van der Waals surface area contributed by atoms with Gasteiger partial charge in [0.1, 0.15) is 5.60 Å². The first-order valence-corrected chi connectivity index (χ1v) is 9.40. The van der Waals surface area contributed by atoms with Crippen LogP contribution in [0.1, 0.15) is 48.2 Å². The molecule has 0 saturated carbocycles. The fourth-order valence-electron chi connectivity index (χ4n) is 4.99. The van der Waals surface area contributed by atoms with Crippen molar-refractivity contribution in [2.75, 3.05) is 5.32 Å². The minimum absolute atomic E-state index is 0.0304. The molecule has 1 aliphatic carbocycles. The molecular formula is C21H22N2O3. The highest BCUT2D eigenvalue weighted by molar-refractivity contribution is 5.90. The van der Waals surface area contributed by atoms with Crippen LogP contribution < -0.4 is 10.9 Å². The van der Waals surface area contributed by atoms with Gasteiger partial charge in [-0.2, -0.15) is 0 Å². The third-order valence-corrected chi connectivity index (χ3v) is 6.47. The van der Waals surface area contributed by atoms with Gasteiger partial charge in [-0.05, 0) is 37.0 Å². The second kappa shape index (κ2) is 5.30. The number of rotatable bonds is 1. The lowest BCUT2D eigenvalue weighted by atomic mass is 9.76. The number of ketones is 1. The average molecular weight is 350 g/mol.